The summed E-state index contributed by atoms with van der Waals surface area (Å²) in [7, 11) is 0. The summed E-state index contributed by atoms with van der Waals surface area (Å²) in [4.78, 5) is 26.4. The molecule has 6 aromatic rings. The lowest BCUT2D eigenvalue weighted by atomic mass is 10.2. The van der Waals surface area contributed by atoms with Crippen LogP contribution in [-0.4, -0.2) is 63.5 Å². The minimum Gasteiger partial charge on any atom is -0.477 e. The van der Waals surface area contributed by atoms with Gasteiger partial charge in [0.25, 0.3) is 0 Å². The van der Waals surface area contributed by atoms with E-state index in [2.05, 4.69) is 89.0 Å². The van der Waals surface area contributed by atoms with E-state index in [1.54, 1.807) is 34.9 Å². The molecule has 0 aromatic carbocycles. The fourth-order valence-electron chi connectivity index (χ4n) is 5.83. The Morgan fingerprint density at radius 1 is 0.702 bits per heavy atom. The van der Waals surface area contributed by atoms with Crippen LogP contribution in [-0.2, 0) is 13.1 Å². The van der Waals surface area contributed by atoms with E-state index in [1.165, 1.54) is 0 Å². The zero-order valence-corrected chi connectivity index (χ0v) is 33.8. The summed E-state index contributed by atoms with van der Waals surface area (Å²) >= 11 is 6.54. The van der Waals surface area contributed by atoms with Crippen LogP contribution < -0.4 is 20.1 Å². The molecule has 2 N–H and O–H groups in total. The molecule has 0 saturated heterocycles. The SMILES string of the molecule is C.C.Cc1nc(NCc2nnc(C)s2)cc(OC[C@H]2C[C@@H]2c2ccc(Br)cn2)n1.Cc1nc(NCc2nnc(C)s2)cc(OC[C@H]2C[C@@H]2c2ccc(C#N)cn2)n1. The Morgan fingerprint density at radius 2 is 1.19 bits per heavy atom. The molecule has 2 aliphatic carbocycles. The molecule has 8 rings (SSSR count). The molecule has 0 spiro atoms. The maximum atomic E-state index is 8.86. The van der Waals surface area contributed by atoms with E-state index in [-0.39, 0.29) is 14.9 Å². The monoisotopic (exact) mass is 871 g/mol. The summed E-state index contributed by atoms with van der Waals surface area (Å²) in [6.45, 7) is 9.94. The van der Waals surface area contributed by atoms with Crippen molar-refractivity contribution < 1.29 is 9.47 Å². The van der Waals surface area contributed by atoms with Crippen LogP contribution in [0.3, 0.4) is 0 Å². The number of aryl methyl sites for hydroxylation is 4. The summed E-state index contributed by atoms with van der Waals surface area (Å²) in [5.74, 6) is 5.65. The first-order chi connectivity index (χ1) is 26.7. The Labute approximate surface area is 349 Å². The first-order valence-corrected chi connectivity index (χ1v) is 20.1. The molecule has 2 saturated carbocycles. The number of aromatic nitrogens is 10. The number of pyridine rings is 2. The predicted molar refractivity (Wildman–Crippen MR) is 225 cm³/mol. The zero-order valence-electron chi connectivity index (χ0n) is 30.6. The fourth-order valence-corrected chi connectivity index (χ4v) is 7.36. The first-order valence-electron chi connectivity index (χ1n) is 17.7. The predicted octanol–water partition coefficient (Wildman–Crippen LogP) is 8.18. The Balaban J connectivity index is 0.000000210. The van der Waals surface area contributed by atoms with Crippen molar-refractivity contribution in [3.63, 3.8) is 0 Å². The number of nitriles is 1. The highest BCUT2D eigenvalue weighted by atomic mass is 79.9. The number of rotatable bonds is 14. The van der Waals surface area contributed by atoms with Gasteiger partial charge in [0.2, 0.25) is 11.8 Å². The Kier molecular flexibility index (Phi) is 14.9. The van der Waals surface area contributed by atoms with Crippen LogP contribution >= 0.6 is 38.6 Å². The highest BCUT2D eigenvalue weighted by Gasteiger charge is 2.41. The average molecular weight is 873 g/mol. The van der Waals surface area contributed by atoms with Gasteiger partial charge in [0.05, 0.1) is 31.9 Å². The van der Waals surface area contributed by atoms with Crippen LogP contribution in [0.5, 0.6) is 11.8 Å². The van der Waals surface area contributed by atoms with Crippen LogP contribution in [0, 0.1) is 50.9 Å². The van der Waals surface area contributed by atoms with Crippen LogP contribution in [0.25, 0.3) is 0 Å². The van der Waals surface area contributed by atoms with Crippen LogP contribution in [0.15, 0.2) is 53.3 Å². The van der Waals surface area contributed by atoms with Crippen molar-refractivity contribution in [2.45, 2.75) is 80.3 Å². The second-order valence-corrected chi connectivity index (χ2v) is 16.7. The van der Waals surface area contributed by atoms with E-state index in [1.807, 2.05) is 58.2 Å². The topological polar surface area (TPSA) is 195 Å². The van der Waals surface area contributed by atoms with E-state index < -0.39 is 0 Å². The molecule has 0 radical (unpaired) electrons. The van der Waals surface area contributed by atoms with E-state index >= 15 is 0 Å². The molecule has 0 bridgehead atoms. The quantitative estimate of drug-likeness (QED) is 0.106. The fraction of sp³-hybridized carbons (Fsp3) is 0.410. The van der Waals surface area contributed by atoms with Crippen molar-refractivity contribution >= 4 is 50.2 Å². The molecule has 0 unspecified atom stereocenters. The highest BCUT2D eigenvalue weighted by Crippen LogP contribution is 2.47. The molecule has 4 atom stereocenters. The third-order valence-electron chi connectivity index (χ3n) is 8.77. The van der Waals surface area contributed by atoms with Crippen molar-refractivity contribution in [1.29, 1.82) is 5.26 Å². The lowest BCUT2D eigenvalue weighted by Crippen LogP contribution is -2.07. The molecule has 0 amide bonds. The normalized spacial score (nSPS) is 17.4. The molecular formula is C39H46BrN13O2S2. The highest BCUT2D eigenvalue weighted by molar-refractivity contribution is 9.10. The third kappa shape index (κ3) is 12.4. The minimum absolute atomic E-state index is 0. The number of nitrogens with one attached hydrogen (secondary N) is 2. The molecule has 57 heavy (non-hydrogen) atoms. The average Bonchev–Trinajstić information content (AvgIpc) is 4.05. The van der Waals surface area contributed by atoms with Gasteiger partial charge in [-0.25, -0.2) is 9.97 Å². The van der Waals surface area contributed by atoms with Crippen LogP contribution in [0.4, 0.5) is 11.6 Å². The number of ether oxygens (including phenoxy) is 2. The molecule has 298 valence electrons. The summed E-state index contributed by atoms with van der Waals surface area (Å²) in [5.41, 5.74) is 2.72. The third-order valence-corrected chi connectivity index (χ3v) is 10.9. The van der Waals surface area contributed by atoms with Gasteiger partial charge in [0.15, 0.2) is 0 Å². The number of hydrogen-bond donors (Lipinski definition) is 2. The Hall–Kier alpha value is -5.25. The molecule has 18 heteroatoms. The van der Waals surface area contributed by atoms with Crippen LogP contribution in [0.1, 0.15) is 88.2 Å². The molecular weight excluding hydrogens is 827 g/mol. The minimum atomic E-state index is 0. The number of nitrogens with zero attached hydrogens (tertiary/aromatic N) is 11. The zero-order chi connectivity index (χ0) is 38.3. The van der Waals surface area contributed by atoms with Gasteiger partial charge in [-0.2, -0.15) is 15.2 Å². The second-order valence-electron chi connectivity index (χ2n) is 13.2. The van der Waals surface area contributed by atoms with Crippen LogP contribution in [0.2, 0.25) is 0 Å². The second kappa shape index (κ2) is 19.7. The number of halogens is 1. The van der Waals surface area contributed by atoms with Gasteiger partial charge in [-0.15, -0.1) is 20.4 Å². The maximum Gasteiger partial charge on any atom is 0.218 e. The standard InChI is InChI=1S/C19H19N7OS.C18H19BrN6OS.2CH4/c1-11-23-17(22-9-19-26-25-12(2)28-19)6-18(24-11)27-10-14-5-15(14)16-4-3-13(7-20)8-21-16;1-10-22-16(21-8-18-25-24-11(2)27-18)6-17(23-10)26-9-12-5-14(12)15-4-3-13(19)7-20-15;;/h3-4,6,8,14-15H,5,9-10H2,1-2H3,(H,22,23,24);3-4,6-7,12,14H,5,8-9H2,1-2H3,(H,21,22,23);2*1H4/t14-,15+;12-,14+;;/m11../s1. The van der Waals surface area contributed by atoms with E-state index in [4.69, 9.17) is 14.7 Å². The lowest BCUT2D eigenvalue weighted by molar-refractivity contribution is 0.284. The number of anilines is 2. The summed E-state index contributed by atoms with van der Waals surface area (Å²) in [6, 6.07) is 13.6. The Morgan fingerprint density at radius 3 is 1.60 bits per heavy atom. The number of hydrogen-bond acceptors (Lipinski definition) is 17. The van der Waals surface area contributed by atoms with Gasteiger partial charge in [-0.3, -0.25) is 9.97 Å². The lowest BCUT2D eigenvalue weighted by Gasteiger charge is -2.09. The molecule has 6 heterocycles. The molecule has 2 aliphatic rings. The van der Waals surface area contributed by atoms with Gasteiger partial charge in [-0.1, -0.05) is 37.5 Å². The molecule has 0 aliphatic heterocycles. The van der Waals surface area contributed by atoms with E-state index in [0.29, 0.717) is 84.8 Å². The smallest absolute Gasteiger partial charge is 0.218 e. The van der Waals surface area contributed by atoms with Gasteiger partial charge >= 0.3 is 0 Å². The van der Waals surface area contributed by atoms with Crippen molar-refractivity contribution in [2.75, 3.05) is 23.8 Å². The largest absolute Gasteiger partial charge is 0.477 e. The van der Waals surface area contributed by atoms with Crippen molar-refractivity contribution in [1.82, 2.24) is 50.3 Å². The molecule has 6 aromatic heterocycles. The molecule has 2 fully saturated rings. The van der Waals surface area contributed by atoms with Gasteiger partial charge in [0, 0.05) is 64.1 Å². The summed E-state index contributed by atoms with van der Waals surface area (Å²) in [6.07, 6.45) is 5.60. The summed E-state index contributed by atoms with van der Waals surface area (Å²) < 4.78 is 12.8. The van der Waals surface area contributed by atoms with E-state index in [0.717, 1.165) is 54.6 Å². The first kappa shape index (κ1) is 42.9. The van der Waals surface area contributed by atoms with Gasteiger partial charge < -0.3 is 20.1 Å². The molecule has 15 nitrogen and oxygen atoms in total. The van der Waals surface area contributed by atoms with Crippen molar-refractivity contribution in [3.8, 4) is 17.8 Å². The van der Waals surface area contributed by atoms with Crippen molar-refractivity contribution in [2.24, 2.45) is 11.8 Å². The summed E-state index contributed by atoms with van der Waals surface area (Å²) in [5, 5.41) is 35.3. The van der Waals surface area contributed by atoms with E-state index in [9.17, 15) is 0 Å². The Bertz CT molecular complexity index is 2260. The van der Waals surface area contributed by atoms with Gasteiger partial charge in [-0.05, 0) is 80.7 Å². The maximum absolute atomic E-state index is 8.86. The van der Waals surface area contributed by atoms with Gasteiger partial charge in [0.1, 0.15) is 49.4 Å². The van der Waals surface area contributed by atoms with Crippen molar-refractivity contribution in [3.05, 3.63) is 102 Å².